The number of hydrogen-bond acceptors (Lipinski definition) is 2. The predicted octanol–water partition coefficient (Wildman–Crippen LogP) is 4.50. The maximum atomic E-state index is 11.6. The fourth-order valence-corrected chi connectivity index (χ4v) is 2.35. The number of nitrogens with one attached hydrogen (secondary N) is 1. The van der Waals surface area contributed by atoms with Gasteiger partial charge in [0.1, 0.15) is 0 Å². The summed E-state index contributed by atoms with van der Waals surface area (Å²) in [6.45, 7) is 13.2. The number of fused-ring (bicyclic) bond motifs is 1. The zero-order valence-electron chi connectivity index (χ0n) is 13.4. The molecule has 0 atom stereocenters. The van der Waals surface area contributed by atoms with Crippen LogP contribution in [0, 0.1) is 0 Å². The fourth-order valence-electron chi connectivity index (χ4n) is 2.35. The van der Waals surface area contributed by atoms with Gasteiger partial charge in [-0.15, -0.1) is 0 Å². The van der Waals surface area contributed by atoms with Crippen molar-refractivity contribution in [2.75, 3.05) is 0 Å². The van der Waals surface area contributed by atoms with E-state index in [-0.39, 0.29) is 16.6 Å². The average Bonchev–Trinajstić information content (AvgIpc) is 2.77. The van der Waals surface area contributed by atoms with Crippen LogP contribution in [0.2, 0.25) is 0 Å². The molecule has 2 aromatic rings. The number of rotatable bonds is 4. The molecule has 0 fully saturated rings. The van der Waals surface area contributed by atoms with E-state index in [1.54, 1.807) is 0 Å². The molecule has 1 N–H and O–H groups in total. The molecule has 1 aromatic carbocycles. The van der Waals surface area contributed by atoms with Gasteiger partial charge in [-0.3, -0.25) is 4.98 Å². The van der Waals surface area contributed by atoms with E-state index in [9.17, 15) is 4.79 Å². The van der Waals surface area contributed by atoms with Gasteiger partial charge in [0.05, 0.1) is 5.52 Å². The zero-order chi connectivity index (χ0) is 15.1. The minimum Gasteiger partial charge on any atom is -0.408 e. The number of oxazole rings is 1. The van der Waals surface area contributed by atoms with Gasteiger partial charge >= 0.3 is 5.76 Å². The molecule has 1 aromatic heterocycles. The third-order valence-electron chi connectivity index (χ3n) is 4.80. The van der Waals surface area contributed by atoms with E-state index in [0.29, 0.717) is 5.58 Å². The van der Waals surface area contributed by atoms with E-state index in [1.807, 2.05) is 0 Å². The second kappa shape index (κ2) is 4.80. The van der Waals surface area contributed by atoms with E-state index in [4.69, 9.17) is 4.42 Å². The highest BCUT2D eigenvalue weighted by Gasteiger charge is 2.27. The Morgan fingerprint density at radius 1 is 1.05 bits per heavy atom. The fraction of sp³-hybridized carbons (Fsp3) is 0.588. The lowest BCUT2D eigenvalue weighted by molar-refractivity contribution is 0.479. The lowest BCUT2D eigenvalue weighted by atomic mass is 9.76. The lowest BCUT2D eigenvalue weighted by Crippen LogP contribution is -2.20. The molecule has 3 heteroatoms. The van der Waals surface area contributed by atoms with Crippen LogP contribution in [0.25, 0.3) is 11.1 Å². The van der Waals surface area contributed by atoms with Crippen LogP contribution < -0.4 is 5.76 Å². The topological polar surface area (TPSA) is 46.0 Å². The highest BCUT2D eigenvalue weighted by atomic mass is 16.4. The first-order valence-electron chi connectivity index (χ1n) is 7.39. The molecule has 20 heavy (non-hydrogen) atoms. The molecule has 0 bridgehead atoms. The summed E-state index contributed by atoms with van der Waals surface area (Å²) >= 11 is 0. The van der Waals surface area contributed by atoms with Crippen molar-refractivity contribution in [3.63, 3.8) is 0 Å². The van der Waals surface area contributed by atoms with E-state index in [1.165, 1.54) is 5.56 Å². The molecule has 0 saturated carbocycles. The van der Waals surface area contributed by atoms with Gasteiger partial charge in [0.2, 0.25) is 0 Å². The summed E-state index contributed by atoms with van der Waals surface area (Å²) < 4.78 is 5.38. The van der Waals surface area contributed by atoms with Gasteiger partial charge in [0.15, 0.2) is 5.58 Å². The standard InChI is InChI=1S/C17H25NO2/c1-7-16(3,4)11-9-12(17(5,6)8-2)14-13(10-11)18-15(19)20-14/h9-10H,7-8H2,1-6H3,(H,18,19). The third kappa shape index (κ3) is 2.41. The normalized spacial score (nSPS) is 13.1. The predicted molar refractivity (Wildman–Crippen MR) is 83.5 cm³/mol. The summed E-state index contributed by atoms with van der Waals surface area (Å²) in [6, 6.07) is 4.27. The summed E-state index contributed by atoms with van der Waals surface area (Å²) in [5, 5.41) is 0. The monoisotopic (exact) mass is 275 g/mol. The van der Waals surface area contributed by atoms with E-state index < -0.39 is 0 Å². The second-order valence-corrected chi connectivity index (χ2v) is 6.89. The van der Waals surface area contributed by atoms with Crippen molar-refractivity contribution in [2.45, 2.75) is 65.2 Å². The van der Waals surface area contributed by atoms with Gasteiger partial charge in [-0.05, 0) is 35.3 Å². The SMILES string of the molecule is CCC(C)(C)c1cc(C(C)(C)CC)c2oc(=O)[nH]c2c1. The average molecular weight is 275 g/mol. The Hall–Kier alpha value is -1.51. The number of benzene rings is 1. The number of aromatic nitrogens is 1. The molecule has 0 radical (unpaired) electrons. The highest BCUT2D eigenvalue weighted by Crippen LogP contribution is 2.37. The molecule has 2 rings (SSSR count). The molecule has 0 aliphatic carbocycles. The van der Waals surface area contributed by atoms with Crippen molar-refractivity contribution in [3.05, 3.63) is 33.8 Å². The smallest absolute Gasteiger partial charge is 0.408 e. The Labute approximate surface area is 120 Å². The van der Waals surface area contributed by atoms with Crippen molar-refractivity contribution >= 4 is 11.1 Å². The van der Waals surface area contributed by atoms with Crippen LogP contribution in [-0.4, -0.2) is 4.98 Å². The van der Waals surface area contributed by atoms with Gasteiger partial charge in [-0.25, -0.2) is 4.79 Å². The first kappa shape index (κ1) is 14.9. The van der Waals surface area contributed by atoms with Gasteiger partial charge < -0.3 is 4.42 Å². The van der Waals surface area contributed by atoms with Crippen LogP contribution >= 0.6 is 0 Å². The third-order valence-corrected chi connectivity index (χ3v) is 4.80. The first-order valence-corrected chi connectivity index (χ1v) is 7.39. The van der Waals surface area contributed by atoms with E-state index in [2.05, 4.69) is 58.7 Å². The highest BCUT2D eigenvalue weighted by molar-refractivity contribution is 5.78. The summed E-state index contributed by atoms with van der Waals surface area (Å²) in [4.78, 5) is 14.4. The summed E-state index contributed by atoms with van der Waals surface area (Å²) in [6.07, 6.45) is 2.04. The Kier molecular flexibility index (Phi) is 3.57. The van der Waals surface area contributed by atoms with Crippen molar-refractivity contribution < 1.29 is 4.42 Å². The van der Waals surface area contributed by atoms with Crippen LogP contribution in [0.5, 0.6) is 0 Å². The van der Waals surface area contributed by atoms with Crippen LogP contribution in [0.1, 0.15) is 65.5 Å². The molecule has 0 aliphatic heterocycles. The molecule has 1 heterocycles. The minimum atomic E-state index is -0.375. The largest absolute Gasteiger partial charge is 0.417 e. The van der Waals surface area contributed by atoms with Crippen LogP contribution in [0.4, 0.5) is 0 Å². The van der Waals surface area contributed by atoms with Crippen LogP contribution in [-0.2, 0) is 10.8 Å². The van der Waals surface area contributed by atoms with Crippen molar-refractivity contribution in [1.82, 2.24) is 4.98 Å². The molecule has 0 aliphatic rings. The molecule has 0 unspecified atom stereocenters. The molecular weight excluding hydrogens is 250 g/mol. The van der Waals surface area contributed by atoms with E-state index >= 15 is 0 Å². The maximum absolute atomic E-state index is 11.6. The summed E-state index contributed by atoms with van der Waals surface area (Å²) in [7, 11) is 0. The number of aromatic amines is 1. The van der Waals surface area contributed by atoms with Gasteiger partial charge in [-0.1, -0.05) is 47.6 Å². The van der Waals surface area contributed by atoms with Gasteiger partial charge in [-0.2, -0.15) is 0 Å². The summed E-state index contributed by atoms with van der Waals surface area (Å²) in [5.41, 5.74) is 3.95. The summed E-state index contributed by atoms with van der Waals surface area (Å²) in [5.74, 6) is -0.375. The number of hydrogen-bond donors (Lipinski definition) is 1. The Morgan fingerprint density at radius 3 is 2.20 bits per heavy atom. The lowest BCUT2D eigenvalue weighted by Gasteiger charge is -2.28. The van der Waals surface area contributed by atoms with Gasteiger partial charge in [0.25, 0.3) is 0 Å². The molecular formula is C17H25NO2. The zero-order valence-corrected chi connectivity index (χ0v) is 13.4. The van der Waals surface area contributed by atoms with Crippen molar-refractivity contribution in [2.24, 2.45) is 0 Å². The van der Waals surface area contributed by atoms with Crippen LogP contribution in [0.15, 0.2) is 21.3 Å². The maximum Gasteiger partial charge on any atom is 0.417 e. The van der Waals surface area contributed by atoms with Crippen molar-refractivity contribution in [1.29, 1.82) is 0 Å². The van der Waals surface area contributed by atoms with E-state index in [0.717, 1.165) is 23.9 Å². The number of H-pyrrole nitrogens is 1. The Morgan fingerprint density at radius 2 is 1.65 bits per heavy atom. The van der Waals surface area contributed by atoms with Crippen LogP contribution in [0.3, 0.4) is 0 Å². The minimum absolute atomic E-state index is 0.0176. The quantitative estimate of drug-likeness (QED) is 0.893. The molecule has 3 nitrogen and oxygen atoms in total. The second-order valence-electron chi connectivity index (χ2n) is 6.89. The molecule has 0 saturated heterocycles. The molecule has 110 valence electrons. The molecule has 0 spiro atoms. The van der Waals surface area contributed by atoms with Crippen molar-refractivity contribution in [3.8, 4) is 0 Å². The molecule has 0 amide bonds. The Bertz CT molecular complexity index is 674. The Balaban J connectivity index is 2.80. The first-order chi connectivity index (χ1) is 9.21. The van der Waals surface area contributed by atoms with Gasteiger partial charge in [0, 0.05) is 5.56 Å².